The maximum absolute atomic E-state index is 12.4. The van der Waals surface area contributed by atoms with Gasteiger partial charge in [0, 0.05) is 42.6 Å². The van der Waals surface area contributed by atoms with Gasteiger partial charge in [0.25, 0.3) is 0 Å². The Kier molecular flexibility index (Phi) is 5.33. The van der Waals surface area contributed by atoms with Crippen molar-refractivity contribution in [3.05, 3.63) is 53.4 Å². The molecule has 0 fully saturated rings. The maximum Gasteiger partial charge on any atom is 0.573 e. The minimum atomic E-state index is -4.75. The SMILES string of the molecule is Cc1cc(C)n(C2=C/C(=N)Nc3c(c(-c4ccc(OC(F)(F)F)cc4)nn3C)C/C=N\2)n1. The van der Waals surface area contributed by atoms with Crippen LogP contribution in [0, 0.1) is 19.3 Å². The van der Waals surface area contributed by atoms with Crippen molar-refractivity contribution in [2.24, 2.45) is 12.0 Å². The van der Waals surface area contributed by atoms with Gasteiger partial charge in [-0.1, -0.05) is 0 Å². The number of alkyl halides is 3. The molecule has 4 rings (SSSR count). The summed E-state index contributed by atoms with van der Waals surface area (Å²) in [6.45, 7) is 3.79. The average Bonchev–Trinajstić information content (AvgIpc) is 3.21. The normalized spacial score (nSPS) is 16.8. The van der Waals surface area contributed by atoms with Crippen LogP contribution in [0.3, 0.4) is 0 Å². The van der Waals surface area contributed by atoms with Crippen molar-refractivity contribution in [2.45, 2.75) is 26.6 Å². The van der Waals surface area contributed by atoms with Gasteiger partial charge >= 0.3 is 6.36 Å². The molecule has 0 aliphatic carbocycles. The van der Waals surface area contributed by atoms with E-state index in [9.17, 15) is 13.2 Å². The van der Waals surface area contributed by atoms with Crippen molar-refractivity contribution in [3.63, 3.8) is 0 Å². The minimum Gasteiger partial charge on any atom is -0.406 e. The summed E-state index contributed by atoms with van der Waals surface area (Å²) in [6, 6.07) is 7.43. The van der Waals surface area contributed by atoms with E-state index in [0.717, 1.165) is 17.0 Å². The Morgan fingerprint density at radius 2 is 1.84 bits per heavy atom. The number of anilines is 1. The number of ether oxygens (including phenoxy) is 1. The summed E-state index contributed by atoms with van der Waals surface area (Å²) in [4.78, 5) is 4.51. The van der Waals surface area contributed by atoms with E-state index in [2.05, 4.69) is 25.2 Å². The summed E-state index contributed by atoms with van der Waals surface area (Å²) in [5.41, 5.74) is 3.67. The fourth-order valence-electron chi connectivity index (χ4n) is 3.50. The Morgan fingerprint density at radius 1 is 1.12 bits per heavy atom. The zero-order valence-electron chi connectivity index (χ0n) is 17.5. The van der Waals surface area contributed by atoms with Crippen LogP contribution >= 0.6 is 0 Å². The second kappa shape index (κ2) is 7.98. The second-order valence-corrected chi connectivity index (χ2v) is 7.27. The van der Waals surface area contributed by atoms with Crippen LogP contribution < -0.4 is 10.1 Å². The van der Waals surface area contributed by atoms with Crippen LogP contribution in [-0.2, 0) is 13.5 Å². The van der Waals surface area contributed by atoms with Gasteiger partial charge in [-0.05, 0) is 44.2 Å². The molecule has 0 radical (unpaired) electrons. The molecule has 166 valence electrons. The minimum absolute atomic E-state index is 0.0938. The standard InChI is InChI=1S/C21H20F3N7O/c1-12-10-13(2)31(28-12)18-11-17(25)27-20-16(8-9-26-18)19(29-30(20)3)14-4-6-15(7-5-14)32-21(22,23)24/h4-7,9-11H,8H2,1-3H3,(H2,25,27)/b18-11+,26-9-. The summed E-state index contributed by atoms with van der Waals surface area (Å²) in [5.74, 6) is 0.871. The van der Waals surface area contributed by atoms with Crippen LogP contribution in [-0.4, -0.2) is 38.0 Å². The highest BCUT2D eigenvalue weighted by Gasteiger charge is 2.31. The Morgan fingerprint density at radius 3 is 2.47 bits per heavy atom. The van der Waals surface area contributed by atoms with Crippen molar-refractivity contribution in [1.82, 2.24) is 19.6 Å². The molecule has 1 aliphatic rings. The molecule has 3 heterocycles. The third-order valence-corrected chi connectivity index (χ3v) is 4.78. The first-order valence-corrected chi connectivity index (χ1v) is 9.66. The van der Waals surface area contributed by atoms with E-state index in [1.807, 2.05) is 19.9 Å². The first-order chi connectivity index (χ1) is 15.1. The zero-order valence-corrected chi connectivity index (χ0v) is 17.5. The van der Waals surface area contributed by atoms with Crippen LogP contribution in [0.1, 0.15) is 17.0 Å². The Bertz CT molecular complexity index is 1230. The van der Waals surface area contributed by atoms with Gasteiger partial charge in [0.15, 0.2) is 5.82 Å². The van der Waals surface area contributed by atoms with Gasteiger partial charge in [-0.15, -0.1) is 13.2 Å². The number of fused-ring (bicyclic) bond motifs is 1. The highest BCUT2D eigenvalue weighted by molar-refractivity contribution is 6.05. The molecular formula is C21H20F3N7O. The smallest absolute Gasteiger partial charge is 0.406 e. The average molecular weight is 443 g/mol. The summed E-state index contributed by atoms with van der Waals surface area (Å²) in [5, 5.41) is 20.3. The molecule has 2 N–H and O–H groups in total. The third kappa shape index (κ3) is 4.41. The number of nitrogens with one attached hydrogen (secondary N) is 2. The quantitative estimate of drug-likeness (QED) is 0.631. The lowest BCUT2D eigenvalue weighted by Gasteiger charge is -2.09. The molecule has 1 aliphatic heterocycles. The topological polar surface area (TPSA) is 93.1 Å². The Labute approximate surface area is 181 Å². The van der Waals surface area contributed by atoms with Crippen LogP contribution in [0.2, 0.25) is 0 Å². The third-order valence-electron chi connectivity index (χ3n) is 4.78. The van der Waals surface area contributed by atoms with Crippen molar-refractivity contribution >= 4 is 23.7 Å². The molecule has 0 atom stereocenters. The van der Waals surface area contributed by atoms with E-state index in [1.54, 1.807) is 28.7 Å². The molecule has 32 heavy (non-hydrogen) atoms. The number of hydrogen-bond acceptors (Lipinski definition) is 5. The largest absolute Gasteiger partial charge is 0.573 e. The number of aryl methyl sites for hydroxylation is 3. The lowest BCUT2D eigenvalue weighted by atomic mass is 10.1. The highest BCUT2D eigenvalue weighted by Crippen LogP contribution is 2.32. The lowest BCUT2D eigenvalue weighted by Crippen LogP contribution is -2.16. The predicted octanol–water partition coefficient (Wildman–Crippen LogP) is 4.31. The number of nitrogens with zero attached hydrogens (tertiary/aromatic N) is 5. The van der Waals surface area contributed by atoms with Gasteiger partial charge in [0.2, 0.25) is 0 Å². The van der Waals surface area contributed by atoms with E-state index >= 15 is 0 Å². The van der Waals surface area contributed by atoms with Crippen molar-refractivity contribution in [1.29, 1.82) is 5.41 Å². The van der Waals surface area contributed by atoms with Crippen molar-refractivity contribution < 1.29 is 17.9 Å². The summed E-state index contributed by atoms with van der Waals surface area (Å²) in [7, 11) is 1.73. The first-order valence-electron chi connectivity index (χ1n) is 9.66. The maximum atomic E-state index is 12.4. The summed E-state index contributed by atoms with van der Waals surface area (Å²) < 4.78 is 44.5. The van der Waals surface area contributed by atoms with Crippen LogP contribution in [0.4, 0.5) is 19.0 Å². The summed E-state index contributed by atoms with van der Waals surface area (Å²) in [6.07, 6.45) is -1.10. The highest BCUT2D eigenvalue weighted by atomic mass is 19.4. The molecule has 0 unspecified atom stereocenters. The number of hydrogen-bond donors (Lipinski definition) is 2. The van der Waals surface area contributed by atoms with Gasteiger partial charge in [0.1, 0.15) is 17.4 Å². The van der Waals surface area contributed by atoms with E-state index in [0.29, 0.717) is 29.3 Å². The van der Waals surface area contributed by atoms with Crippen LogP contribution in [0.15, 0.2) is 41.4 Å². The fraction of sp³-hybridized carbons (Fsp3) is 0.238. The lowest BCUT2D eigenvalue weighted by molar-refractivity contribution is -0.274. The van der Waals surface area contributed by atoms with Crippen LogP contribution in [0.25, 0.3) is 17.1 Å². The molecular weight excluding hydrogens is 423 g/mol. The van der Waals surface area contributed by atoms with Gasteiger partial charge in [-0.2, -0.15) is 10.2 Å². The van der Waals surface area contributed by atoms with Gasteiger partial charge < -0.3 is 10.1 Å². The van der Waals surface area contributed by atoms with E-state index in [4.69, 9.17) is 5.41 Å². The molecule has 1 aromatic carbocycles. The molecule has 0 spiro atoms. The van der Waals surface area contributed by atoms with E-state index < -0.39 is 6.36 Å². The molecule has 0 amide bonds. The second-order valence-electron chi connectivity index (χ2n) is 7.27. The molecule has 0 bridgehead atoms. The first kappa shape index (κ1) is 21.3. The molecule has 0 saturated heterocycles. The predicted molar refractivity (Wildman–Crippen MR) is 115 cm³/mol. The summed E-state index contributed by atoms with van der Waals surface area (Å²) >= 11 is 0. The van der Waals surface area contributed by atoms with E-state index in [-0.39, 0.29) is 11.6 Å². The van der Waals surface area contributed by atoms with Crippen molar-refractivity contribution in [3.8, 4) is 17.0 Å². The van der Waals surface area contributed by atoms with E-state index in [1.165, 1.54) is 24.3 Å². The zero-order chi connectivity index (χ0) is 23.0. The molecule has 3 aromatic rings. The number of amidine groups is 1. The van der Waals surface area contributed by atoms with Gasteiger partial charge in [-0.3, -0.25) is 10.1 Å². The molecule has 0 saturated carbocycles. The fourth-order valence-corrected chi connectivity index (χ4v) is 3.50. The van der Waals surface area contributed by atoms with Gasteiger partial charge in [-0.25, -0.2) is 9.67 Å². The number of benzene rings is 1. The van der Waals surface area contributed by atoms with Crippen LogP contribution in [0.5, 0.6) is 5.75 Å². The number of rotatable bonds is 3. The Balaban J connectivity index is 1.68. The molecule has 11 heteroatoms. The number of aliphatic imine (C=N–C) groups is 1. The number of aromatic nitrogens is 4. The number of halogens is 3. The van der Waals surface area contributed by atoms with Gasteiger partial charge in [0.05, 0.1) is 11.4 Å². The monoisotopic (exact) mass is 443 g/mol. The Hall–Kier alpha value is -3.89. The molecule has 8 nitrogen and oxygen atoms in total. The molecule has 2 aromatic heterocycles. The van der Waals surface area contributed by atoms with Crippen molar-refractivity contribution in [2.75, 3.05) is 5.32 Å².